The summed E-state index contributed by atoms with van der Waals surface area (Å²) in [4.78, 5) is 20.0. The minimum atomic E-state index is -0.564. The highest BCUT2D eigenvalue weighted by Gasteiger charge is 1.98. The number of aryl methyl sites for hydroxylation is 1. The number of carbonyl (C=O) groups excluding carboxylic acids is 2. The van der Waals surface area contributed by atoms with Crippen LogP contribution >= 0.6 is 11.6 Å². The van der Waals surface area contributed by atoms with E-state index >= 15 is 0 Å². The zero-order chi connectivity index (χ0) is 13.5. The van der Waals surface area contributed by atoms with E-state index in [-0.39, 0.29) is 5.02 Å². The Kier molecular flexibility index (Phi) is 5.27. The van der Waals surface area contributed by atoms with Crippen LogP contribution in [0.2, 0.25) is 5.02 Å². The van der Waals surface area contributed by atoms with Crippen LogP contribution in [-0.2, 0) is 0 Å². The summed E-state index contributed by atoms with van der Waals surface area (Å²) in [5.41, 5.74) is 0.293. The van der Waals surface area contributed by atoms with Crippen molar-refractivity contribution in [3.63, 3.8) is 0 Å². The van der Waals surface area contributed by atoms with Crippen molar-refractivity contribution in [2.75, 3.05) is 0 Å². The first kappa shape index (κ1) is 14.1. The van der Waals surface area contributed by atoms with Gasteiger partial charge in [0.2, 0.25) is 0 Å². The predicted molar refractivity (Wildman–Crippen MR) is 65.6 cm³/mol. The van der Waals surface area contributed by atoms with E-state index < -0.39 is 5.82 Å². The number of carbonyl (C=O) groups is 2. The Hall–Kier alpha value is -1.94. The average molecular weight is 269 g/mol. The van der Waals surface area contributed by atoms with Crippen LogP contribution < -0.4 is 0 Å². The Bertz CT molecular complexity index is 549. The van der Waals surface area contributed by atoms with Crippen molar-refractivity contribution in [2.24, 2.45) is 0 Å². The molecule has 0 aliphatic carbocycles. The van der Waals surface area contributed by atoms with Gasteiger partial charge in [0, 0.05) is 5.56 Å². The maximum absolute atomic E-state index is 12.5. The minimum Gasteiger partial charge on any atom is -0.459 e. The van der Waals surface area contributed by atoms with E-state index in [0.717, 1.165) is 11.8 Å². The van der Waals surface area contributed by atoms with Gasteiger partial charge >= 0.3 is 0 Å². The highest BCUT2D eigenvalue weighted by atomic mass is 35.5. The fourth-order valence-electron chi connectivity index (χ4n) is 1.10. The van der Waals surface area contributed by atoms with Gasteiger partial charge in [-0.25, -0.2) is 4.39 Å². The molecule has 0 radical (unpaired) electrons. The van der Waals surface area contributed by atoms with Crippen LogP contribution in [0.5, 0.6) is 0 Å². The number of rotatable bonds is 2. The Balaban J connectivity index is 0.000000184. The molecule has 5 heteroatoms. The lowest BCUT2D eigenvalue weighted by atomic mass is 10.2. The van der Waals surface area contributed by atoms with Crippen molar-refractivity contribution in [3.8, 4) is 0 Å². The molecule has 0 bridgehead atoms. The third kappa shape index (κ3) is 4.14. The lowest BCUT2D eigenvalue weighted by Crippen LogP contribution is -1.81. The molecule has 3 nitrogen and oxygen atoms in total. The molecule has 0 atom stereocenters. The molecule has 1 aromatic carbocycles. The second-order valence-electron chi connectivity index (χ2n) is 3.36. The first-order valence-corrected chi connectivity index (χ1v) is 5.36. The van der Waals surface area contributed by atoms with E-state index in [1.54, 1.807) is 19.1 Å². The van der Waals surface area contributed by atoms with Gasteiger partial charge in [-0.2, -0.15) is 0 Å². The standard InChI is InChI=1S/C7H4ClFO.C6H6O2/c8-6-2-1-5(4-10)3-7(6)9;1-5-2-3-6(4-7)8-5/h1-4H;2-4H,1H3. The number of halogens is 2. The summed E-state index contributed by atoms with van der Waals surface area (Å²) in [5, 5.41) is 0.0330. The summed E-state index contributed by atoms with van der Waals surface area (Å²) >= 11 is 5.35. The first-order valence-electron chi connectivity index (χ1n) is 4.98. The van der Waals surface area contributed by atoms with Gasteiger partial charge in [0.25, 0.3) is 0 Å². The number of hydrogen-bond acceptors (Lipinski definition) is 3. The zero-order valence-corrected chi connectivity index (χ0v) is 10.3. The van der Waals surface area contributed by atoms with Crippen LogP contribution in [0.3, 0.4) is 0 Å². The second kappa shape index (κ2) is 6.71. The van der Waals surface area contributed by atoms with E-state index in [1.807, 2.05) is 0 Å². The minimum absolute atomic E-state index is 0.0330. The maximum Gasteiger partial charge on any atom is 0.185 e. The van der Waals surface area contributed by atoms with Crippen molar-refractivity contribution in [2.45, 2.75) is 6.92 Å². The summed E-state index contributed by atoms with van der Waals surface area (Å²) in [6, 6.07) is 7.29. The fraction of sp³-hybridized carbons (Fsp3) is 0.0769. The molecule has 0 unspecified atom stereocenters. The Morgan fingerprint density at radius 2 is 1.89 bits per heavy atom. The first-order chi connectivity index (χ1) is 8.56. The molecule has 0 spiro atoms. The molecule has 18 heavy (non-hydrogen) atoms. The number of furan rings is 1. The number of hydrogen-bond donors (Lipinski definition) is 0. The summed E-state index contributed by atoms with van der Waals surface area (Å²) < 4.78 is 17.3. The SMILES string of the molecule is Cc1ccc(C=O)o1.O=Cc1ccc(Cl)c(F)c1. The molecule has 0 aliphatic heterocycles. The molecule has 2 rings (SSSR count). The monoisotopic (exact) mass is 268 g/mol. The molecule has 94 valence electrons. The van der Waals surface area contributed by atoms with Gasteiger partial charge in [0.1, 0.15) is 17.9 Å². The van der Waals surface area contributed by atoms with Gasteiger partial charge in [-0.3, -0.25) is 9.59 Å². The molecule has 0 fully saturated rings. The maximum atomic E-state index is 12.5. The Morgan fingerprint density at radius 3 is 2.28 bits per heavy atom. The van der Waals surface area contributed by atoms with Crippen molar-refractivity contribution in [1.29, 1.82) is 0 Å². The molecule has 1 heterocycles. The molecular weight excluding hydrogens is 259 g/mol. The third-order valence-corrected chi connectivity index (χ3v) is 2.26. The Morgan fingerprint density at radius 1 is 1.17 bits per heavy atom. The lowest BCUT2D eigenvalue weighted by molar-refractivity contribution is 0.109. The van der Waals surface area contributed by atoms with E-state index in [2.05, 4.69) is 0 Å². The summed E-state index contributed by atoms with van der Waals surface area (Å²) in [7, 11) is 0. The van der Waals surface area contributed by atoms with Gasteiger partial charge < -0.3 is 4.42 Å². The van der Waals surface area contributed by atoms with Crippen LogP contribution in [0, 0.1) is 12.7 Å². The van der Waals surface area contributed by atoms with Crippen LogP contribution in [0.15, 0.2) is 34.7 Å². The topological polar surface area (TPSA) is 47.3 Å². The molecule has 0 saturated carbocycles. The van der Waals surface area contributed by atoms with Gasteiger partial charge in [0.05, 0.1) is 5.02 Å². The molecule has 0 saturated heterocycles. The molecular formula is C13H10ClFO3. The van der Waals surface area contributed by atoms with Crippen LogP contribution in [0.1, 0.15) is 26.7 Å². The molecule has 0 amide bonds. The largest absolute Gasteiger partial charge is 0.459 e. The lowest BCUT2D eigenvalue weighted by Gasteiger charge is -1.92. The van der Waals surface area contributed by atoms with E-state index in [4.69, 9.17) is 16.0 Å². The van der Waals surface area contributed by atoms with Gasteiger partial charge in [-0.1, -0.05) is 17.7 Å². The van der Waals surface area contributed by atoms with Crippen LogP contribution in [0.25, 0.3) is 0 Å². The smallest absolute Gasteiger partial charge is 0.185 e. The van der Waals surface area contributed by atoms with Crippen LogP contribution in [-0.4, -0.2) is 12.6 Å². The predicted octanol–water partition coefficient (Wildman–Crippen LogP) is 3.69. The molecule has 1 aromatic heterocycles. The third-order valence-electron chi connectivity index (χ3n) is 1.96. The van der Waals surface area contributed by atoms with Crippen molar-refractivity contribution >= 4 is 24.2 Å². The highest BCUT2D eigenvalue weighted by molar-refractivity contribution is 6.30. The summed E-state index contributed by atoms with van der Waals surface area (Å²) in [6.07, 6.45) is 1.26. The van der Waals surface area contributed by atoms with Crippen molar-refractivity contribution in [3.05, 3.63) is 58.3 Å². The molecule has 2 aromatic rings. The Labute approximate surface area is 108 Å². The second-order valence-corrected chi connectivity index (χ2v) is 3.76. The number of benzene rings is 1. The van der Waals surface area contributed by atoms with E-state index in [9.17, 15) is 14.0 Å². The highest BCUT2D eigenvalue weighted by Crippen LogP contribution is 2.14. The molecule has 0 N–H and O–H groups in total. The van der Waals surface area contributed by atoms with Gasteiger partial charge in [-0.05, 0) is 31.2 Å². The fourth-order valence-corrected chi connectivity index (χ4v) is 1.22. The van der Waals surface area contributed by atoms with Crippen molar-refractivity contribution in [1.82, 2.24) is 0 Å². The van der Waals surface area contributed by atoms with Gasteiger partial charge in [-0.15, -0.1) is 0 Å². The normalized spacial score (nSPS) is 9.28. The molecule has 0 aliphatic rings. The zero-order valence-electron chi connectivity index (χ0n) is 9.52. The van der Waals surface area contributed by atoms with E-state index in [0.29, 0.717) is 23.9 Å². The number of aldehydes is 2. The van der Waals surface area contributed by atoms with Crippen molar-refractivity contribution < 1.29 is 18.4 Å². The average Bonchev–Trinajstić information content (AvgIpc) is 2.79. The van der Waals surface area contributed by atoms with Gasteiger partial charge in [0.15, 0.2) is 12.0 Å². The quantitative estimate of drug-likeness (QED) is 0.781. The summed E-state index contributed by atoms with van der Waals surface area (Å²) in [6.45, 7) is 1.80. The van der Waals surface area contributed by atoms with E-state index in [1.165, 1.54) is 12.1 Å². The summed E-state index contributed by atoms with van der Waals surface area (Å²) in [5.74, 6) is 0.598. The van der Waals surface area contributed by atoms with Crippen LogP contribution in [0.4, 0.5) is 4.39 Å².